The van der Waals surface area contributed by atoms with Crippen molar-refractivity contribution in [3.63, 3.8) is 0 Å². The number of hydrogen-bond donors (Lipinski definition) is 0. The van der Waals surface area contributed by atoms with Crippen LogP contribution in [0.5, 0.6) is 0 Å². The summed E-state index contributed by atoms with van der Waals surface area (Å²) in [5, 5.41) is 0. The van der Waals surface area contributed by atoms with E-state index in [-0.39, 0.29) is 48.0 Å². The van der Waals surface area contributed by atoms with Crippen LogP contribution in [0.1, 0.15) is 41.0 Å². The highest BCUT2D eigenvalue weighted by Gasteiger charge is 2.45. The Morgan fingerprint density at radius 1 is 0.614 bits per heavy atom. The molecule has 0 spiro atoms. The fourth-order valence-electron chi connectivity index (χ4n) is 11.3. The van der Waals surface area contributed by atoms with E-state index in [2.05, 4.69) is 48.6 Å². The quantitative estimate of drug-likeness (QED) is 0.117. The van der Waals surface area contributed by atoms with Gasteiger partial charge < -0.3 is 24.0 Å². The van der Waals surface area contributed by atoms with E-state index in [1.807, 2.05) is 109 Å². The molecule has 2 heterocycles. The summed E-state index contributed by atoms with van der Waals surface area (Å²) in [5.74, 6) is 0.817. The highest BCUT2D eigenvalue weighted by molar-refractivity contribution is 6.18. The van der Waals surface area contributed by atoms with Crippen molar-refractivity contribution in [2.45, 2.75) is 32.0 Å². The van der Waals surface area contributed by atoms with Gasteiger partial charge in [0.25, 0.3) is 0 Å². The molecule has 0 aromatic heterocycles. The summed E-state index contributed by atoms with van der Waals surface area (Å²) in [5.41, 5.74) is 12.0. The maximum atomic E-state index is 15.0. The molecular weight excluding hydrogens is 918 g/mol. The third kappa shape index (κ3) is 8.64. The minimum absolute atomic E-state index is 0.0195. The average molecular weight is 971 g/mol. The second-order valence-electron chi connectivity index (χ2n) is 18.8. The van der Waals surface area contributed by atoms with E-state index in [1.54, 1.807) is 9.80 Å². The lowest BCUT2D eigenvalue weighted by molar-refractivity contribution is -0.132. The SMILES string of the molecule is O=C(OCC1c2ccccc2-c2ccccc21)N(CC(=O)N1C[C@@H](CCl)C2=C1C=C(OCc1ccccc1)C1CC=CC=C21)CC(=O)N1C[C@@H](CCl)C2=C1C=C(OCc1ccccc1)C1=CC=CCC12. The summed E-state index contributed by atoms with van der Waals surface area (Å²) in [7, 11) is 0. The van der Waals surface area contributed by atoms with Crippen molar-refractivity contribution in [3.05, 3.63) is 225 Å². The van der Waals surface area contributed by atoms with Gasteiger partial charge in [0.15, 0.2) is 0 Å². The number of benzene rings is 4. The Balaban J connectivity index is 0.900. The van der Waals surface area contributed by atoms with Crippen molar-refractivity contribution in [2.24, 2.45) is 23.7 Å². The van der Waals surface area contributed by atoms with Gasteiger partial charge in [0.2, 0.25) is 11.8 Å². The number of amides is 3. The predicted octanol–water partition coefficient (Wildman–Crippen LogP) is 11.4. The molecule has 9 nitrogen and oxygen atoms in total. The van der Waals surface area contributed by atoms with Crippen molar-refractivity contribution in [1.82, 2.24) is 14.7 Å². The van der Waals surface area contributed by atoms with Gasteiger partial charge in [-0.3, -0.25) is 14.5 Å². The van der Waals surface area contributed by atoms with E-state index >= 15 is 9.59 Å². The molecule has 7 aliphatic rings. The van der Waals surface area contributed by atoms with Crippen LogP contribution in [-0.4, -0.2) is 77.2 Å². The van der Waals surface area contributed by atoms with Crippen LogP contribution in [0.4, 0.5) is 4.79 Å². The number of allylic oxidation sites excluding steroid dienone is 10. The first-order valence-corrected chi connectivity index (χ1v) is 25.3. The van der Waals surface area contributed by atoms with Crippen LogP contribution >= 0.6 is 23.2 Å². The number of carbonyl (C=O) groups is 3. The normalized spacial score (nSPS) is 21.6. The number of alkyl halides is 2. The number of halogens is 2. The first-order valence-electron chi connectivity index (χ1n) is 24.2. The summed E-state index contributed by atoms with van der Waals surface area (Å²) in [6, 6.07) is 36.3. The fraction of sp³-hybridized carbons (Fsp3) is 0.271. The molecule has 354 valence electrons. The molecular formula is C59H53Cl2N3O6. The molecule has 4 aromatic rings. The Morgan fingerprint density at radius 3 is 1.81 bits per heavy atom. The minimum atomic E-state index is -0.756. The number of fused-ring (bicyclic) bond motifs is 7. The molecule has 2 unspecified atom stereocenters. The van der Waals surface area contributed by atoms with Gasteiger partial charge in [0.05, 0.1) is 5.70 Å². The summed E-state index contributed by atoms with van der Waals surface area (Å²) in [4.78, 5) is 49.5. The number of carbonyl (C=O) groups excluding carboxylic acids is 3. The molecule has 3 amide bonds. The van der Waals surface area contributed by atoms with Gasteiger partial charge >= 0.3 is 6.09 Å². The fourth-order valence-corrected chi connectivity index (χ4v) is 11.9. The molecule has 70 heavy (non-hydrogen) atoms. The van der Waals surface area contributed by atoms with Gasteiger partial charge in [-0.2, -0.15) is 0 Å². The van der Waals surface area contributed by atoms with E-state index in [0.29, 0.717) is 49.5 Å². The van der Waals surface area contributed by atoms with E-state index in [9.17, 15) is 4.79 Å². The lowest BCUT2D eigenvalue weighted by Crippen LogP contribution is -2.47. The second-order valence-corrected chi connectivity index (χ2v) is 19.4. The Kier molecular flexibility index (Phi) is 13.0. The van der Waals surface area contributed by atoms with Gasteiger partial charge in [-0.05, 0) is 62.9 Å². The molecule has 0 radical (unpaired) electrons. The average Bonchev–Trinajstić information content (AvgIpc) is 4.09. The van der Waals surface area contributed by atoms with Crippen LogP contribution < -0.4 is 0 Å². The number of ether oxygens (including phenoxy) is 3. The largest absolute Gasteiger partial charge is 0.493 e. The van der Waals surface area contributed by atoms with Crippen molar-refractivity contribution in [2.75, 3.05) is 44.5 Å². The smallest absolute Gasteiger partial charge is 0.410 e. The van der Waals surface area contributed by atoms with Crippen molar-refractivity contribution >= 4 is 41.1 Å². The third-order valence-corrected chi connectivity index (χ3v) is 15.4. The van der Waals surface area contributed by atoms with Crippen molar-refractivity contribution < 1.29 is 28.6 Å². The van der Waals surface area contributed by atoms with E-state index < -0.39 is 19.2 Å². The van der Waals surface area contributed by atoms with E-state index in [0.717, 1.165) is 80.0 Å². The van der Waals surface area contributed by atoms with Crippen molar-refractivity contribution in [1.29, 1.82) is 0 Å². The number of rotatable bonds is 14. The zero-order valence-electron chi connectivity index (χ0n) is 38.7. The third-order valence-electron chi connectivity index (χ3n) is 14.7. The summed E-state index contributed by atoms with van der Waals surface area (Å²) >= 11 is 13.5. The zero-order chi connectivity index (χ0) is 47.7. The van der Waals surface area contributed by atoms with Crippen LogP contribution in [0.3, 0.4) is 0 Å². The van der Waals surface area contributed by atoms with Crippen LogP contribution in [0.25, 0.3) is 11.1 Å². The molecule has 0 fully saturated rings. The number of nitrogens with zero attached hydrogens (tertiary/aromatic N) is 3. The molecule has 4 atom stereocenters. The van der Waals surface area contributed by atoms with Crippen LogP contribution in [0, 0.1) is 23.7 Å². The van der Waals surface area contributed by atoms with Gasteiger partial charge in [0, 0.05) is 77.9 Å². The molecule has 0 saturated carbocycles. The maximum Gasteiger partial charge on any atom is 0.410 e. The van der Waals surface area contributed by atoms with Crippen LogP contribution in [0.15, 0.2) is 203 Å². The molecule has 5 aliphatic carbocycles. The van der Waals surface area contributed by atoms with Gasteiger partial charge in [-0.25, -0.2) is 4.79 Å². The Hall–Kier alpha value is -6.81. The highest BCUT2D eigenvalue weighted by Crippen LogP contribution is 2.49. The molecule has 4 aromatic carbocycles. The predicted molar refractivity (Wildman–Crippen MR) is 272 cm³/mol. The van der Waals surface area contributed by atoms with Crippen LogP contribution in [0.2, 0.25) is 0 Å². The Labute approximate surface area is 419 Å². The maximum absolute atomic E-state index is 15.0. The molecule has 2 aliphatic heterocycles. The van der Waals surface area contributed by atoms with Crippen LogP contribution in [-0.2, 0) is 37.0 Å². The zero-order valence-corrected chi connectivity index (χ0v) is 40.2. The van der Waals surface area contributed by atoms with Gasteiger partial charge in [-0.15, -0.1) is 23.2 Å². The van der Waals surface area contributed by atoms with Gasteiger partial charge in [0.1, 0.15) is 44.4 Å². The standard InChI is InChI=1S/C59H53Cl2N3O6/c60-29-40-31-63(51-27-53(68-35-38-15-3-1-4-16-38)46-23-11-13-25-48(46)57(40)51)55(65)33-62(59(67)70-37-50-44-21-9-7-19-42(44)43-20-8-10-22-45(43)50)34-56(66)64-32-41(30-61)58-49-26-14-12-24-47(49)54(28-52(58)64)69-36-39-17-5-2-6-18-39/h1-23,26-28,40-41,47-48,50H,24-25,29-37H2/t40-,41-,47?,48?/m1/s1. The Bertz CT molecular complexity index is 2940. The molecule has 0 N–H and O–H groups in total. The monoisotopic (exact) mass is 969 g/mol. The molecule has 11 heteroatoms. The van der Waals surface area contributed by atoms with E-state index in [4.69, 9.17) is 37.4 Å². The summed E-state index contributed by atoms with van der Waals surface area (Å²) in [6.07, 6.45) is 17.2. The molecule has 0 saturated heterocycles. The lowest BCUT2D eigenvalue weighted by Gasteiger charge is -2.32. The molecule has 0 bridgehead atoms. The Morgan fingerprint density at radius 2 is 1.17 bits per heavy atom. The van der Waals surface area contributed by atoms with E-state index in [1.165, 1.54) is 4.90 Å². The lowest BCUT2D eigenvalue weighted by atomic mass is 9.76. The summed E-state index contributed by atoms with van der Waals surface area (Å²) in [6.45, 7) is 0.580. The van der Waals surface area contributed by atoms with Crippen molar-refractivity contribution in [3.8, 4) is 11.1 Å². The topological polar surface area (TPSA) is 88.6 Å². The first kappa shape index (κ1) is 45.6. The minimum Gasteiger partial charge on any atom is -0.493 e. The first-order chi connectivity index (χ1) is 34.4. The highest BCUT2D eigenvalue weighted by atomic mass is 35.5. The second kappa shape index (κ2) is 19.9. The van der Waals surface area contributed by atoms with Gasteiger partial charge in [-0.1, -0.05) is 146 Å². The number of hydrogen-bond acceptors (Lipinski definition) is 6. The molecule has 11 rings (SSSR count). The summed E-state index contributed by atoms with van der Waals surface area (Å²) < 4.78 is 19.3.